The Balaban J connectivity index is 3.30. The van der Waals surface area contributed by atoms with Gasteiger partial charge < -0.3 is 4.52 Å². The fourth-order valence-corrected chi connectivity index (χ4v) is 1.97. The van der Waals surface area contributed by atoms with Crippen molar-refractivity contribution >= 4 is 9.12 Å². The lowest BCUT2D eigenvalue weighted by atomic mass is 9.80. The third-order valence-corrected chi connectivity index (χ3v) is 3.10. The quantitative estimate of drug-likeness (QED) is 0.666. The summed E-state index contributed by atoms with van der Waals surface area (Å²) in [6.45, 7) is 12.9. The zero-order valence-corrected chi connectivity index (χ0v) is 12.5. The zero-order valence-electron chi connectivity index (χ0n) is 11.5. The van der Waals surface area contributed by atoms with Crippen molar-refractivity contribution in [3.63, 3.8) is 0 Å². The maximum Gasteiger partial charge on any atom is 0.261 e. The largest absolute Gasteiger partial charge is 0.446 e. The molecule has 0 aliphatic carbocycles. The molecule has 0 heterocycles. The molecule has 1 atom stereocenters. The van der Waals surface area contributed by atoms with Crippen LogP contribution in [-0.2, 0) is 10.8 Å². The van der Waals surface area contributed by atoms with E-state index < -0.39 is 9.12 Å². The van der Waals surface area contributed by atoms with Gasteiger partial charge in [0.1, 0.15) is 5.75 Å². The molecule has 0 spiro atoms. The minimum absolute atomic E-state index is 0.0454. The van der Waals surface area contributed by atoms with E-state index in [9.17, 15) is 4.20 Å². The Morgan fingerprint density at radius 1 is 1.00 bits per heavy atom. The normalized spacial score (nSPS) is 13.4. The molecule has 0 fully saturated rings. The highest BCUT2D eigenvalue weighted by atomic mass is 31.1. The van der Waals surface area contributed by atoms with Gasteiger partial charge in [0.25, 0.3) is 9.12 Å². The van der Waals surface area contributed by atoms with Crippen LogP contribution in [0.2, 0.25) is 0 Å². The molecule has 1 aromatic rings. The van der Waals surface area contributed by atoms with Crippen LogP contribution in [0.5, 0.6) is 5.75 Å². The van der Waals surface area contributed by atoms with Crippen LogP contribution in [0.4, 0.5) is 4.20 Å². The van der Waals surface area contributed by atoms with Crippen molar-refractivity contribution in [3.8, 4) is 5.75 Å². The van der Waals surface area contributed by atoms with E-state index in [4.69, 9.17) is 4.52 Å². The van der Waals surface area contributed by atoms with Crippen molar-refractivity contribution in [2.75, 3.05) is 0 Å². The predicted octanol–water partition coefficient (Wildman–Crippen LogP) is 5.14. The maximum atomic E-state index is 12.4. The first-order valence-corrected chi connectivity index (χ1v) is 6.62. The summed E-state index contributed by atoms with van der Waals surface area (Å²) in [5, 5.41) is 0. The summed E-state index contributed by atoms with van der Waals surface area (Å²) < 4.78 is 17.5. The highest BCUT2D eigenvalue weighted by Gasteiger charge is 2.23. The first-order valence-electron chi connectivity index (χ1n) is 5.84. The average Bonchev–Trinajstić information content (AvgIpc) is 2.15. The minimum Gasteiger partial charge on any atom is -0.446 e. The Morgan fingerprint density at radius 3 is 2.00 bits per heavy atom. The van der Waals surface area contributed by atoms with Crippen LogP contribution in [0.15, 0.2) is 18.2 Å². The summed E-state index contributed by atoms with van der Waals surface area (Å²) in [6, 6.07) is 6.04. The Morgan fingerprint density at radius 2 is 1.59 bits per heavy atom. The van der Waals surface area contributed by atoms with E-state index in [-0.39, 0.29) is 10.8 Å². The topological polar surface area (TPSA) is 9.23 Å². The third kappa shape index (κ3) is 3.67. The van der Waals surface area contributed by atoms with Crippen LogP contribution >= 0.6 is 9.12 Å². The van der Waals surface area contributed by atoms with Gasteiger partial charge in [-0.15, -0.1) is 0 Å². The summed E-state index contributed by atoms with van der Waals surface area (Å²) in [4.78, 5) is 0. The number of hydrogen-bond donors (Lipinski definition) is 0. The summed E-state index contributed by atoms with van der Waals surface area (Å²) in [5.74, 6) is 0.659. The molecule has 0 saturated carbocycles. The molecular formula is C14H22FOP. The van der Waals surface area contributed by atoms with Crippen molar-refractivity contribution in [2.24, 2.45) is 0 Å². The van der Waals surface area contributed by atoms with Crippen LogP contribution in [-0.4, -0.2) is 0 Å². The molecule has 0 saturated heterocycles. The lowest BCUT2D eigenvalue weighted by Gasteiger charge is -2.26. The van der Waals surface area contributed by atoms with E-state index in [1.807, 2.05) is 12.1 Å². The minimum atomic E-state index is -1.01. The van der Waals surface area contributed by atoms with E-state index in [0.717, 1.165) is 5.56 Å². The van der Waals surface area contributed by atoms with Crippen LogP contribution in [0.25, 0.3) is 0 Å². The third-order valence-electron chi connectivity index (χ3n) is 2.80. The second-order valence-electron chi connectivity index (χ2n) is 6.39. The van der Waals surface area contributed by atoms with Crippen LogP contribution < -0.4 is 4.52 Å². The Labute approximate surface area is 106 Å². The highest BCUT2D eigenvalue weighted by molar-refractivity contribution is 7.26. The molecule has 1 nitrogen and oxygen atoms in total. The van der Waals surface area contributed by atoms with Crippen molar-refractivity contribution < 1.29 is 8.72 Å². The van der Waals surface area contributed by atoms with Gasteiger partial charge in [0.05, 0.1) is 0 Å². The van der Waals surface area contributed by atoms with Gasteiger partial charge in [-0.3, -0.25) is 0 Å². The summed E-state index contributed by atoms with van der Waals surface area (Å²) in [6.07, 6.45) is 0. The summed E-state index contributed by atoms with van der Waals surface area (Å²) >= 11 is 0. The van der Waals surface area contributed by atoms with Crippen LogP contribution in [0.3, 0.4) is 0 Å². The standard InChI is InChI=1S/C14H22FOP/c1-13(2,3)10-7-8-12(16-17-15)11(9-10)14(4,5)6/h7-9,17H,1-6H3. The van der Waals surface area contributed by atoms with Gasteiger partial charge in [-0.2, -0.15) is 4.20 Å². The lowest BCUT2D eigenvalue weighted by molar-refractivity contribution is 0.521. The molecule has 0 radical (unpaired) electrons. The van der Waals surface area contributed by atoms with Gasteiger partial charge in [-0.25, -0.2) is 0 Å². The second kappa shape index (κ2) is 4.94. The summed E-state index contributed by atoms with van der Waals surface area (Å²) in [5.41, 5.74) is 2.36. The van der Waals surface area contributed by atoms with E-state index >= 15 is 0 Å². The Bertz CT molecular complexity index is 388. The van der Waals surface area contributed by atoms with Gasteiger partial charge in [-0.1, -0.05) is 53.7 Å². The number of rotatable bonds is 2. The molecule has 96 valence electrons. The van der Waals surface area contributed by atoms with Gasteiger partial charge in [0, 0.05) is 5.56 Å². The lowest BCUT2D eigenvalue weighted by Crippen LogP contribution is -2.16. The van der Waals surface area contributed by atoms with E-state index in [0.29, 0.717) is 5.75 Å². The fourth-order valence-electron chi connectivity index (χ4n) is 1.71. The average molecular weight is 256 g/mol. The molecule has 0 N–H and O–H groups in total. The Kier molecular flexibility index (Phi) is 4.19. The van der Waals surface area contributed by atoms with E-state index in [2.05, 4.69) is 47.6 Å². The molecule has 1 aromatic carbocycles. The number of benzene rings is 1. The van der Waals surface area contributed by atoms with Gasteiger partial charge in [0.15, 0.2) is 0 Å². The zero-order chi connectivity index (χ0) is 13.3. The molecule has 0 amide bonds. The monoisotopic (exact) mass is 256 g/mol. The molecule has 1 rings (SSSR count). The fraction of sp³-hybridized carbons (Fsp3) is 0.571. The van der Waals surface area contributed by atoms with Crippen molar-refractivity contribution in [1.82, 2.24) is 0 Å². The number of halogens is 1. The Hall–Kier alpha value is -0.620. The molecule has 0 aliphatic heterocycles. The van der Waals surface area contributed by atoms with Crippen molar-refractivity contribution in [3.05, 3.63) is 29.3 Å². The predicted molar refractivity (Wildman–Crippen MR) is 73.9 cm³/mol. The molecule has 3 heteroatoms. The SMILES string of the molecule is CC(C)(C)c1ccc(OPF)c(C(C)(C)C)c1. The maximum absolute atomic E-state index is 12.4. The smallest absolute Gasteiger partial charge is 0.261 e. The molecule has 17 heavy (non-hydrogen) atoms. The van der Waals surface area contributed by atoms with Crippen LogP contribution in [0.1, 0.15) is 52.7 Å². The molecule has 0 bridgehead atoms. The highest BCUT2D eigenvalue weighted by Crippen LogP contribution is 2.37. The summed E-state index contributed by atoms with van der Waals surface area (Å²) in [7, 11) is -1.01. The first-order chi connectivity index (χ1) is 7.66. The van der Waals surface area contributed by atoms with Crippen LogP contribution in [0, 0.1) is 0 Å². The number of hydrogen-bond acceptors (Lipinski definition) is 1. The molecule has 1 unspecified atom stereocenters. The van der Waals surface area contributed by atoms with E-state index in [1.165, 1.54) is 5.56 Å². The van der Waals surface area contributed by atoms with E-state index in [1.54, 1.807) is 0 Å². The van der Waals surface area contributed by atoms with Gasteiger partial charge in [0.2, 0.25) is 0 Å². The van der Waals surface area contributed by atoms with Crippen molar-refractivity contribution in [1.29, 1.82) is 0 Å². The molecule has 0 aliphatic rings. The van der Waals surface area contributed by atoms with Gasteiger partial charge >= 0.3 is 0 Å². The first kappa shape index (κ1) is 14.4. The van der Waals surface area contributed by atoms with Gasteiger partial charge in [-0.05, 0) is 22.5 Å². The second-order valence-corrected chi connectivity index (χ2v) is 6.75. The van der Waals surface area contributed by atoms with Crippen molar-refractivity contribution in [2.45, 2.75) is 52.4 Å². The molecule has 0 aromatic heterocycles. The molecular weight excluding hydrogens is 234 g/mol.